The fourth-order valence-corrected chi connectivity index (χ4v) is 5.75. The van der Waals surface area contributed by atoms with Gasteiger partial charge in [-0.15, -0.1) is 0 Å². The summed E-state index contributed by atoms with van der Waals surface area (Å²) in [6.07, 6.45) is 5.68. The molecule has 0 aliphatic carbocycles. The lowest BCUT2D eigenvalue weighted by Crippen LogP contribution is -2.54. The summed E-state index contributed by atoms with van der Waals surface area (Å²) in [4.78, 5) is 15.1. The minimum absolute atomic E-state index is 0.0302. The number of hydrogen-bond donors (Lipinski definition) is 3. The second-order valence-electron chi connectivity index (χ2n) is 8.11. The smallest absolute Gasteiger partial charge is 0.242 e. The molecule has 33 heavy (non-hydrogen) atoms. The lowest BCUT2D eigenvalue weighted by Gasteiger charge is -2.37. The number of sulfonamides is 1. The number of piperidine rings is 1. The van der Waals surface area contributed by atoms with Crippen LogP contribution in [0.25, 0.3) is 10.9 Å². The molecule has 0 saturated carbocycles. The number of nitrogens with one attached hydrogen (secondary N) is 2. The van der Waals surface area contributed by atoms with Gasteiger partial charge in [-0.3, -0.25) is 9.89 Å². The van der Waals surface area contributed by atoms with E-state index in [1.54, 1.807) is 39.9 Å². The number of carbonyl (C=O) groups excluding carboxylic acids is 1. The molecule has 1 aliphatic heterocycles. The maximum absolute atomic E-state index is 13.5. The van der Waals surface area contributed by atoms with Crippen molar-refractivity contribution >= 4 is 26.8 Å². The summed E-state index contributed by atoms with van der Waals surface area (Å²) >= 11 is 0. The highest BCUT2D eigenvalue weighted by Crippen LogP contribution is 2.23. The van der Waals surface area contributed by atoms with Crippen LogP contribution in [-0.4, -0.2) is 64.3 Å². The van der Waals surface area contributed by atoms with Gasteiger partial charge in [0.25, 0.3) is 0 Å². The van der Waals surface area contributed by atoms with Gasteiger partial charge in [0.05, 0.1) is 29.3 Å². The van der Waals surface area contributed by atoms with E-state index >= 15 is 0 Å². The maximum Gasteiger partial charge on any atom is 0.242 e. The van der Waals surface area contributed by atoms with Crippen molar-refractivity contribution in [3.05, 3.63) is 48.4 Å². The number of amides is 1. The van der Waals surface area contributed by atoms with Gasteiger partial charge in [0, 0.05) is 24.7 Å². The Hall–Kier alpha value is -3.20. The normalized spacial score (nSPS) is 17.7. The number of likely N-dealkylation sites (tertiary alicyclic amines) is 1. The number of nitriles is 1. The Kier molecular flexibility index (Phi) is 6.78. The van der Waals surface area contributed by atoms with E-state index in [1.807, 2.05) is 0 Å². The van der Waals surface area contributed by atoms with Crippen LogP contribution in [0, 0.1) is 11.3 Å². The van der Waals surface area contributed by atoms with Crippen molar-refractivity contribution in [2.24, 2.45) is 0 Å². The fraction of sp³-hybridized carbons (Fsp3) is 0.409. The lowest BCUT2D eigenvalue weighted by molar-refractivity contribution is -0.138. The van der Waals surface area contributed by atoms with E-state index in [2.05, 4.69) is 21.0 Å². The Bertz CT molecular complexity index is 1280. The van der Waals surface area contributed by atoms with E-state index in [4.69, 9.17) is 0 Å². The molecule has 1 aromatic carbocycles. The molecular formula is C22H26N6O4S. The lowest BCUT2D eigenvalue weighted by atomic mass is 10.0. The molecule has 1 amide bonds. The largest absolute Gasteiger partial charge is 0.394 e. The third-order valence-electron chi connectivity index (χ3n) is 6.05. The van der Waals surface area contributed by atoms with Gasteiger partial charge in [0.2, 0.25) is 15.9 Å². The first-order chi connectivity index (χ1) is 15.9. The number of hydrogen-bond acceptors (Lipinski definition) is 6. The first kappa shape index (κ1) is 23.0. The first-order valence-electron chi connectivity index (χ1n) is 10.9. The summed E-state index contributed by atoms with van der Waals surface area (Å²) in [5, 5.41) is 26.1. The van der Waals surface area contributed by atoms with Crippen LogP contribution in [0.5, 0.6) is 0 Å². The van der Waals surface area contributed by atoms with Gasteiger partial charge in [-0.25, -0.2) is 8.42 Å². The highest BCUT2D eigenvalue weighted by molar-refractivity contribution is 7.89. The highest BCUT2D eigenvalue weighted by atomic mass is 32.2. The van der Waals surface area contributed by atoms with Gasteiger partial charge < -0.3 is 14.6 Å². The maximum atomic E-state index is 13.5. The number of fused-ring (bicyclic) bond motifs is 1. The van der Waals surface area contributed by atoms with Crippen molar-refractivity contribution in [2.45, 2.75) is 49.2 Å². The highest BCUT2D eigenvalue weighted by Gasteiger charge is 2.34. The van der Waals surface area contributed by atoms with Crippen LogP contribution in [0.1, 0.15) is 31.4 Å². The molecule has 174 valence electrons. The summed E-state index contributed by atoms with van der Waals surface area (Å²) in [6, 6.07) is 8.88. The molecule has 1 fully saturated rings. The number of H-pyrrole nitrogens is 1. The molecule has 4 rings (SSSR count). The molecule has 2 aromatic heterocycles. The third kappa shape index (κ3) is 4.78. The van der Waals surface area contributed by atoms with E-state index in [-0.39, 0.29) is 36.4 Å². The van der Waals surface area contributed by atoms with E-state index < -0.39 is 16.1 Å². The number of aliphatic hydroxyl groups excluding tert-OH is 1. The molecular weight excluding hydrogens is 444 g/mol. The quantitative estimate of drug-likeness (QED) is 0.453. The Morgan fingerprint density at radius 1 is 1.33 bits per heavy atom. The van der Waals surface area contributed by atoms with Crippen LogP contribution < -0.4 is 4.72 Å². The standard InChI is InChI=1S/C22H26N6O4S/c23-13-16-6-4-10-27(16)12-9-20(22(30)28-11-2-1-5-17(28)15-29)26-33(31,32)21-8-3-7-19-18(21)14-24-25-19/h3-4,6-8,10,14,17,20,26,29H,1-2,5,9,11-12,15H2,(H,24,25). The molecule has 3 aromatic rings. The third-order valence-corrected chi connectivity index (χ3v) is 7.58. The van der Waals surface area contributed by atoms with Gasteiger partial charge in [-0.1, -0.05) is 6.07 Å². The minimum atomic E-state index is -4.06. The molecule has 11 heteroatoms. The van der Waals surface area contributed by atoms with Crippen molar-refractivity contribution in [2.75, 3.05) is 13.2 Å². The van der Waals surface area contributed by atoms with Crippen molar-refractivity contribution in [1.29, 1.82) is 5.26 Å². The van der Waals surface area contributed by atoms with Crippen LogP contribution in [0.2, 0.25) is 0 Å². The molecule has 0 spiro atoms. The number of carbonyl (C=O) groups is 1. The SMILES string of the molecule is N#Cc1cccn1CCC(NS(=O)(=O)c1cccc2[nH]ncc12)C(=O)N1CCCCC1CO. The zero-order valence-electron chi connectivity index (χ0n) is 18.0. The number of aryl methyl sites for hydroxylation is 1. The van der Waals surface area contributed by atoms with E-state index in [0.717, 1.165) is 12.8 Å². The fourth-order valence-electron chi connectivity index (χ4n) is 4.32. The molecule has 1 saturated heterocycles. The summed E-state index contributed by atoms with van der Waals surface area (Å²) in [7, 11) is -4.06. The van der Waals surface area contributed by atoms with Crippen molar-refractivity contribution in [1.82, 2.24) is 24.4 Å². The van der Waals surface area contributed by atoms with Gasteiger partial charge in [-0.2, -0.15) is 15.1 Å². The molecule has 2 unspecified atom stereocenters. The molecule has 2 atom stereocenters. The summed E-state index contributed by atoms with van der Waals surface area (Å²) in [5.41, 5.74) is 1.00. The number of benzene rings is 1. The van der Waals surface area contributed by atoms with Crippen LogP contribution in [0.15, 0.2) is 47.6 Å². The predicted octanol–water partition coefficient (Wildman–Crippen LogP) is 1.35. The summed E-state index contributed by atoms with van der Waals surface area (Å²) in [6.45, 7) is 0.574. The molecule has 0 bridgehead atoms. The topological polar surface area (TPSA) is 144 Å². The van der Waals surface area contributed by atoms with Gasteiger partial charge in [-0.05, 0) is 49.9 Å². The Morgan fingerprint density at radius 3 is 2.97 bits per heavy atom. The summed E-state index contributed by atoms with van der Waals surface area (Å²) < 4.78 is 31.0. The van der Waals surface area contributed by atoms with Crippen molar-refractivity contribution in [3.63, 3.8) is 0 Å². The van der Waals surface area contributed by atoms with Crippen molar-refractivity contribution < 1.29 is 18.3 Å². The average Bonchev–Trinajstić information content (AvgIpc) is 3.50. The first-order valence-corrected chi connectivity index (χ1v) is 12.3. The molecule has 3 N–H and O–H groups in total. The number of nitrogens with zero attached hydrogens (tertiary/aromatic N) is 4. The minimum Gasteiger partial charge on any atom is -0.394 e. The van der Waals surface area contributed by atoms with Crippen LogP contribution in [-0.2, 0) is 21.4 Å². The van der Waals surface area contributed by atoms with Gasteiger partial charge in [0.15, 0.2) is 0 Å². The number of aliphatic hydroxyl groups is 1. The van der Waals surface area contributed by atoms with E-state index in [1.165, 1.54) is 12.3 Å². The monoisotopic (exact) mass is 470 g/mol. The number of aromatic nitrogens is 3. The van der Waals surface area contributed by atoms with Crippen LogP contribution in [0.3, 0.4) is 0 Å². The Labute approximate surface area is 191 Å². The molecule has 10 nitrogen and oxygen atoms in total. The van der Waals surface area contributed by atoms with E-state index in [0.29, 0.717) is 29.6 Å². The van der Waals surface area contributed by atoms with E-state index in [9.17, 15) is 23.6 Å². The Morgan fingerprint density at radius 2 is 2.18 bits per heavy atom. The molecule has 3 heterocycles. The second kappa shape index (κ2) is 9.74. The Balaban J connectivity index is 1.63. The van der Waals surface area contributed by atoms with Crippen molar-refractivity contribution in [3.8, 4) is 6.07 Å². The van der Waals surface area contributed by atoms with Crippen LogP contribution in [0.4, 0.5) is 0 Å². The predicted molar refractivity (Wildman–Crippen MR) is 120 cm³/mol. The average molecular weight is 471 g/mol. The van der Waals surface area contributed by atoms with Crippen LogP contribution >= 0.6 is 0 Å². The summed E-state index contributed by atoms with van der Waals surface area (Å²) in [5.74, 6) is -0.373. The number of rotatable bonds is 8. The molecule has 1 aliphatic rings. The number of aromatic amines is 1. The van der Waals surface area contributed by atoms with Gasteiger partial charge >= 0.3 is 0 Å². The molecule has 0 radical (unpaired) electrons. The second-order valence-corrected chi connectivity index (χ2v) is 9.79. The zero-order valence-corrected chi connectivity index (χ0v) is 18.8. The zero-order chi connectivity index (χ0) is 23.4. The van der Waals surface area contributed by atoms with Gasteiger partial charge in [0.1, 0.15) is 17.8 Å².